The summed E-state index contributed by atoms with van der Waals surface area (Å²) in [4.78, 5) is 22.6. The second kappa shape index (κ2) is 10.9. The molecular weight excluding hydrogens is 529 g/mol. The molecule has 3 N–H and O–H groups in total. The van der Waals surface area contributed by atoms with Gasteiger partial charge in [0.15, 0.2) is 0 Å². The van der Waals surface area contributed by atoms with Gasteiger partial charge in [-0.1, -0.05) is 23.8 Å². The molecule has 4 heterocycles. The summed E-state index contributed by atoms with van der Waals surface area (Å²) in [7, 11) is 2.21. The predicted octanol–water partition coefficient (Wildman–Crippen LogP) is 5.55. The lowest BCUT2D eigenvalue weighted by molar-refractivity contribution is 0.0828. The van der Waals surface area contributed by atoms with Crippen molar-refractivity contribution in [2.45, 2.75) is 44.7 Å². The molecule has 0 unspecified atom stereocenters. The summed E-state index contributed by atoms with van der Waals surface area (Å²) in [5.41, 5.74) is 11.6. The number of aromatic nitrogens is 5. The van der Waals surface area contributed by atoms with Crippen LogP contribution in [0.4, 0.5) is 21.8 Å². The highest BCUT2D eigenvalue weighted by Gasteiger charge is 2.30. The zero-order valence-corrected chi connectivity index (χ0v) is 24.1. The van der Waals surface area contributed by atoms with Gasteiger partial charge >= 0.3 is 0 Å². The highest BCUT2D eigenvalue weighted by Crippen LogP contribution is 2.39. The minimum Gasteiger partial charge on any atom is -0.383 e. The molecule has 1 aliphatic heterocycles. The Balaban J connectivity index is 1.12. The lowest BCUT2D eigenvalue weighted by atomic mass is 9.89. The molecule has 5 aromatic rings. The van der Waals surface area contributed by atoms with Crippen LogP contribution in [-0.4, -0.2) is 73.6 Å². The van der Waals surface area contributed by atoms with Crippen LogP contribution >= 0.6 is 0 Å². The Morgan fingerprint density at radius 3 is 2.40 bits per heavy atom. The van der Waals surface area contributed by atoms with E-state index < -0.39 is 5.95 Å². The maximum absolute atomic E-state index is 14.7. The molecule has 0 atom stereocenters. The molecule has 1 aliphatic carbocycles. The highest BCUT2D eigenvalue weighted by atomic mass is 19.1. The molecule has 0 spiro atoms. The molecular formula is C32H36FN9. The number of nitrogen functional groups attached to an aromatic ring is 1. The molecule has 1 saturated heterocycles. The first kappa shape index (κ1) is 26.7. The van der Waals surface area contributed by atoms with Gasteiger partial charge in [-0.15, -0.1) is 0 Å². The number of hydrogen-bond donors (Lipinski definition) is 2. The van der Waals surface area contributed by atoms with Crippen molar-refractivity contribution in [3.8, 4) is 11.1 Å². The van der Waals surface area contributed by atoms with E-state index in [-0.39, 0.29) is 5.95 Å². The van der Waals surface area contributed by atoms with Gasteiger partial charge in [-0.05, 0) is 69.5 Å². The van der Waals surface area contributed by atoms with E-state index in [2.05, 4.69) is 52.9 Å². The number of aryl methyl sites for hydroxylation is 1. The first-order valence-electron chi connectivity index (χ1n) is 14.8. The van der Waals surface area contributed by atoms with E-state index in [0.29, 0.717) is 28.8 Å². The Labute approximate surface area is 244 Å². The van der Waals surface area contributed by atoms with Gasteiger partial charge in [0.2, 0.25) is 11.9 Å². The zero-order valence-electron chi connectivity index (χ0n) is 24.1. The van der Waals surface area contributed by atoms with Gasteiger partial charge in [-0.2, -0.15) is 9.37 Å². The van der Waals surface area contributed by atoms with Crippen molar-refractivity contribution in [3.05, 3.63) is 66.5 Å². The third-order valence-electron chi connectivity index (χ3n) is 9.01. The summed E-state index contributed by atoms with van der Waals surface area (Å²) < 4.78 is 17.0. The number of piperazine rings is 1. The van der Waals surface area contributed by atoms with Crippen molar-refractivity contribution in [2.24, 2.45) is 0 Å². The normalized spacial score (nSPS) is 20.4. The van der Waals surface area contributed by atoms with Crippen LogP contribution in [0.2, 0.25) is 0 Å². The molecule has 10 heteroatoms. The van der Waals surface area contributed by atoms with Crippen molar-refractivity contribution in [3.63, 3.8) is 0 Å². The van der Waals surface area contributed by atoms with Crippen molar-refractivity contribution in [1.82, 2.24) is 34.3 Å². The molecule has 3 aromatic heterocycles. The van der Waals surface area contributed by atoms with Crippen LogP contribution in [-0.2, 0) is 0 Å². The maximum Gasteiger partial charge on any atom is 0.230 e. The van der Waals surface area contributed by atoms with Crippen LogP contribution in [0.25, 0.3) is 33.1 Å². The monoisotopic (exact) mass is 565 g/mol. The number of nitrogens with two attached hydrogens (primary N) is 1. The van der Waals surface area contributed by atoms with Crippen LogP contribution in [0, 0.1) is 12.9 Å². The lowest BCUT2D eigenvalue weighted by Crippen LogP contribution is -2.49. The van der Waals surface area contributed by atoms with E-state index in [1.54, 1.807) is 12.4 Å². The lowest BCUT2D eigenvalue weighted by Gasteiger charge is -2.41. The minimum absolute atomic E-state index is 0.220. The Bertz CT molecular complexity index is 1730. The van der Waals surface area contributed by atoms with E-state index >= 15 is 0 Å². The SMILES string of the molecule is Cc1ccc2nc(Nc3ccc(-c4cn([C@H]5CC[C@H](N6CCN(C)CC6)CC5)c5ncnc(N)c45)cc3)nc(F)c2c1. The Kier molecular flexibility index (Phi) is 6.95. The minimum atomic E-state index is -0.538. The fraction of sp³-hybridized carbons (Fsp3) is 0.375. The van der Waals surface area contributed by atoms with Gasteiger partial charge in [0.05, 0.1) is 16.3 Å². The van der Waals surface area contributed by atoms with E-state index in [1.165, 1.54) is 25.9 Å². The molecule has 0 radical (unpaired) electrons. The summed E-state index contributed by atoms with van der Waals surface area (Å²) in [6, 6.07) is 14.5. The van der Waals surface area contributed by atoms with Gasteiger partial charge in [-0.25, -0.2) is 15.0 Å². The molecule has 0 bridgehead atoms. The fourth-order valence-corrected chi connectivity index (χ4v) is 6.62. The molecule has 7 rings (SSSR count). The molecule has 2 fully saturated rings. The van der Waals surface area contributed by atoms with Gasteiger partial charge in [-0.3, -0.25) is 4.90 Å². The summed E-state index contributed by atoms with van der Waals surface area (Å²) in [6.45, 7) is 6.56. The average Bonchev–Trinajstić information content (AvgIpc) is 3.40. The number of halogens is 1. The second-order valence-corrected chi connectivity index (χ2v) is 11.8. The third-order valence-corrected chi connectivity index (χ3v) is 9.01. The number of nitrogens with zero attached hydrogens (tertiary/aromatic N) is 7. The number of rotatable bonds is 5. The summed E-state index contributed by atoms with van der Waals surface area (Å²) in [6.07, 6.45) is 8.39. The fourth-order valence-electron chi connectivity index (χ4n) is 6.62. The number of hydrogen-bond acceptors (Lipinski definition) is 8. The van der Waals surface area contributed by atoms with E-state index in [1.807, 2.05) is 43.3 Å². The predicted molar refractivity (Wildman–Crippen MR) is 165 cm³/mol. The van der Waals surface area contributed by atoms with Crippen LogP contribution in [0.15, 0.2) is 55.0 Å². The third kappa shape index (κ3) is 5.05. The Morgan fingerprint density at radius 2 is 1.64 bits per heavy atom. The Hall–Kier alpha value is -4.15. The highest BCUT2D eigenvalue weighted by molar-refractivity contribution is 6.00. The van der Waals surface area contributed by atoms with Gasteiger partial charge in [0.1, 0.15) is 17.8 Å². The van der Waals surface area contributed by atoms with Gasteiger partial charge in [0, 0.05) is 55.7 Å². The van der Waals surface area contributed by atoms with Crippen LogP contribution < -0.4 is 11.1 Å². The molecule has 2 aliphatic rings. The summed E-state index contributed by atoms with van der Waals surface area (Å²) in [5.74, 6) is 0.166. The van der Waals surface area contributed by atoms with E-state index in [4.69, 9.17) is 5.73 Å². The van der Waals surface area contributed by atoms with Crippen molar-refractivity contribution in [1.29, 1.82) is 0 Å². The number of anilines is 3. The number of fused-ring (bicyclic) bond motifs is 2. The molecule has 2 aromatic carbocycles. The summed E-state index contributed by atoms with van der Waals surface area (Å²) in [5, 5.41) is 4.45. The number of nitrogens with one attached hydrogen (secondary N) is 1. The van der Waals surface area contributed by atoms with Gasteiger partial charge in [0.25, 0.3) is 0 Å². The standard InChI is InChI=1S/C32H36FN9/c1-20-3-12-27-25(17-20)29(33)39-32(38-27)37-22-6-4-21(5-7-22)26-18-42(31-28(26)30(34)35-19-36-31)24-10-8-23(9-11-24)41-15-13-40(2)14-16-41/h3-7,12,17-19,23-24H,8-11,13-16H2,1-2H3,(H2,34,35,36)(H,37,38,39)/t23-,24-. The first-order valence-corrected chi connectivity index (χ1v) is 14.8. The average molecular weight is 566 g/mol. The number of likely N-dealkylation sites (N-methyl/N-ethyl adjacent to an activating group) is 1. The van der Waals surface area contributed by atoms with Crippen LogP contribution in [0.3, 0.4) is 0 Å². The molecule has 1 saturated carbocycles. The van der Waals surface area contributed by atoms with E-state index in [9.17, 15) is 4.39 Å². The van der Waals surface area contributed by atoms with Crippen LogP contribution in [0.1, 0.15) is 37.3 Å². The van der Waals surface area contributed by atoms with E-state index in [0.717, 1.165) is 59.3 Å². The largest absolute Gasteiger partial charge is 0.383 e. The van der Waals surface area contributed by atoms with Crippen LogP contribution in [0.5, 0.6) is 0 Å². The summed E-state index contributed by atoms with van der Waals surface area (Å²) >= 11 is 0. The molecule has 42 heavy (non-hydrogen) atoms. The quantitative estimate of drug-likeness (QED) is 0.268. The maximum atomic E-state index is 14.7. The van der Waals surface area contributed by atoms with Crippen molar-refractivity contribution < 1.29 is 4.39 Å². The molecule has 9 nitrogen and oxygen atoms in total. The second-order valence-electron chi connectivity index (χ2n) is 11.8. The molecule has 216 valence electrons. The zero-order chi connectivity index (χ0) is 28.8. The first-order chi connectivity index (χ1) is 20.4. The Morgan fingerprint density at radius 1 is 0.905 bits per heavy atom. The molecule has 0 amide bonds. The number of benzene rings is 2. The topological polar surface area (TPSA) is 101 Å². The van der Waals surface area contributed by atoms with Crippen molar-refractivity contribution >= 4 is 39.4 Å². The smallest absolute Gasteiger partial charge is 0.230 e. The van der Waals surface area contributed by atoms with Gasteiger partial charge < -0.3 is 20.5 Å². The van der Waals surface area contributed by atoms with Crippen molar-refractivity contribution in [2.75, 3.05) is 44.3 Å².